The number of carbonyl (C=O) groups excluding carboxylic acids is 1. The van der Waals surface area contributed by atoms with Gasteiger partial charge in [-0.25, -0.2) is 0 Å². The maximum atomic E-state index is 11.5. The van der Waals surface area contributed by atoms with Crippen LogP contribution in [0.1, 0.15) is 38.7 Å². The molecule has 1 rings (SSSR count). The largest absolute Gasteiger partial charge is 0.491 e. The summed E-state index contributed by atoms with van der Waals surface area (Å²) >= 11 is 0. The Hall–Kier alpha value is -2.04. The number of carbonyl (C=O) groups is 2. The molecule has 1 aromatic rings. The van der Waals surface area contributed by atoms with E-state index in [4.69, 9.17) is 9.84 Å². The second kappa shape index (κ2) is 8.19. The molecule has 0 aromatic heterocycles. The number of ether oxygens (including phenoxy) is 1. The molecule has 0 radical (unpaired) electrons. The summed E-state index contributed by atoms with van der Waals surface area (Å²) in [4.78, 5) is 22.1. The van der Waals surface area contributed by atoms with E-state index in [0.717, 1.165) is 12.0 Å². The van der Waals surface area contributed by atoms with Gasteiger partial charge in [-0.3, -0.25) is 9.59 Å². The Morgan fingerprint density at radius 2 is 2.05 bits per heavy atom. The lowest BCUT2D eigenvalue weighted by molar-refractivity contribution is -0.137. The van der Waals surface area contributed by atoms with Gasteiger partial charge in [-0.05, 0) is 30.5 Å². The van der Waals surface area contributed by atoms with Gasteiger partial charge in [0.25, 0.3) is 0 Å². The highest BCUT2D eigenvalue weighted by atomic mass is 16.5. The number of anilines is 1. The Balaban J connectivity index is 2.88. The summed E-state index contributed by atoms with van der Waals surface area (Å²) in [5, 5.41) is 11.5. The summed E-state index contributed by atoms with van der Waals surface area (Å²) in [6, 6.07) is 5.38. The van der Waals surface area contributed by atoms with E-state index in [1.165, 1.54) is 0 Å². The molecule has 0 spiro atoms. The first-order valence-corrected chi connectivity index (χ1v) is 6.84. The van der Waals surface area contributed by atoms with Gasteiger partial charge >= 0.3 is 5.97 Å². The fourth-order valence-electron chi connectivity index (χ4n) is 1.66. The monoisotopic (exact) mass is 279 g/mol. The second-order valence-corrected chi connectivity index (χ2v) is 4.47. The van der Waals surface area contributed by atoms with E-state index in [0.29, 0.717) is 30.9 Å². The van der Waals surface area contributed by atoms with Crippen molar-refractivity contribution in [2.24, 2.45) is 0 Å². The maximum Gasteiger partial charge on any atom is 0.303 e. The summed E-state index contributed by atoms with van der Waals surface area (Å²) < 4.78 is 5.58. The van der Waals surface area contributed by atoms with Gasteiger partial charge < -0.3 is 15.2 Å². The molecule has 110 valence electrons. The van der Waals surface area contributed by atoms with Crippen molar-refractivity contribution in [3.8, 4) is 5.75 Å². The Morgan fingerprint density at radius 3 is 2.65 bits per heavy atom. The van der Waals surface area contributed by atoms with Gasteiger partial charge in [0.05, 0.1) is 12.3 Å². The maximum absolute atomic E-state index is 11.5. The predicted octanol–water partition coefficient (Wildman–Crippen LogP) is 2.84. The summed E-state index contributed by atoms with van der Waals surface area (Å²) in [6.07, 6.45) is 1.75. The quantitative estimate of drug-likeness (QED) is 0.767. The number of nitrogens with one attached hydrogen (secondary N) is 1. The number of aliphatic carboxylic acids is 1. The smallest absolute Gasteiger partial charge is 0.303 e. The van der Waals surface area contributed by atoms with E-state index in [-0.39, 0.29) is 12.3 Å². The minimum atomic E-state index is -0.838. The molecular weight excluding hydrogens is 258 g/mol. The first-order chi connectivity index (χ1) is 9.56. The molecule has 0 saturated heterocycles. The van der Waals surface area contributed by atoms with Crippen molar-refractivity contribution in [3.05, 3.63) is 23.8 Å². The van der Waals surface area contributed by atoms with Crippen LogP contribution in [0.5, 0.6) is 5.75 Å². The normalized spacial score (nSPS) is 10.1. The number of carboxylic acid groups (broad SMARTS) is 1. The van der Waals surface area contributed by atoms with Crippen molar-refractivity contribution < 1.29 is 19.4 Å². The van der Waals surface area contributed by atoms with Gasteiger partial charge in [-0.2, -0.15) is 0 Å². The molecule has 20 heavy (non-hydrogen) atoms. The number of benzene rings is 1. The molecule has 0 fully saturated rings. The molecule has 1 aromatic carbocycles. The molecule has 0 atom stereocenters. The lowest BCUT2D eigenvalue weighted by Crippen LogP contribution is -2.11. The Kier molecular flexibility index (Phi) is 6.56. The number of hydrogen-bond donors (Lipinski definition) is 2. The fourth-order valence-corrected chi connectivity index (χ4v) is 1.66. The van der Waals surface area contributed by atoms with Crippen molar-refractivity contribution in [3.63, 3.8) is 0 Å². The van der Waals surface area contributed by atoms with E-state index < -0.39 is 5.97 Å². The molecule has 2 N–H and O–H groups in total. The first-order valence-electron chi connectivity index (χ1n) is 6.84. The third-order valence-electron chi connectivity index (χ3n) is 2.73. The van der Waals surface area contributed by atoms with Crippen LogP contribution >= 0.6 is 0 Å². The van der Waals surface area contributed by atoms with Crippen LogP contribution in [0.2, 0.25) is 0 Å². The first kappa shape index (κ1) is 16.0. The van der Waals surface area contributed by atoms with Crippen LogP contribution in [-0.4, -0.2) is 23.6 Å². The number of rotatable bonds is 8. The van der Waals surface area contributed by atoms with Crippen LogP contribution in [-0.2, 0) is 16.0 Å². The Labute approximate surface area is 118 Å². The summed E-state index contributed by atoms with van der Waals surface area (Å²) in [5.41, 5.74) is 1.47. The van der Waals surface area contributed by atoms with E-state index in [1.807, 2.05) is 13.0 Å². The fraction of sp³-hybridized carbons (Fsp3) is 0.467. The van der Waals surface area contributed by atoms with E-state index in [1.54, 1.807) is 19.1 Å². The molecule has 0 unspecified atom stereocenters. The van der Waals surface area contributed by atoms with Crippen LogP contribution in [0.15, 0.2) is 18.2 Å². The number of hydrogen-bond acceptors (Lipinski definition) is 3. The van der Waals surface area contributed by atoms with Gasteiger partial charge in [-0.1, -0.05) is 19.9 Å². The van der Waals surface area contributed by atoms with Crippen LogP contribution < -0.4 is 10.1 Å². The third kappa shape index (κ3) is 5.30. The predicted molar refractivity (Wildman–Crippen MR) is 77.1 cm³/mol. The standard InChI is InChI=1S/C15H21NO4/c1-3-9-20-13-7-5-11(6-8-15(18)19)10-12(13)16-14(17)4-2/h5,7,10H,3-4,6,8-9H2,1-2H3,(H,16,17)(H,18,19). The van der Waals surface area contributed by atoms with Gasteiger partial charge in [0.1, 0.15) is 5.75 Å². The van der Waals surface area contributed by atoms with E-state index in [9.17, 15) is 9.59 Å². The van der Waals surface area contributed by atoms with Crippen LogP contribution in [0.3, 0.4) is 0 Å². The summed E-state index contributed by atoms with van der Waals surface area (Å²) in [6.45, 7) is 4.35. The van der Waals surface area contributed by atoms with Crippen molar-refractivity contribution in [2.45, 2.75) is 39.5 Å². The second-order valence-electron chi connectivity index (χ2n) is 4.47. The molecule has 5 nitrogen and oxygen atoms in total. The van der Waals surface area contributed by atoms with Gasteiger partial charge in [-0.15, -0.1) is 0 Å². The number of carboxylic acids is 1. The molecule has 0 aliphatic carbocycles. The minimum Gasteiger partial charge on any atom is -0.491 e. The molecule has 1 amide bonds. The highest BCUT2D eigenvalue weighted by Gasteiger charge is 2.09. The molecule has 0 aliphatic heterocycles. The lowest BCUT2D eigenvalue weighted by atomic mass is 10.1. The van der Waals surface area contributed by atoms with Crippen molar-refractivity contribution >= 4 is 17.6 Å². The van der Waals surface area contributed by atoms with Crippen molar-refractivity contribution in [1.29, 1.82) is 0 Å². The minimum absolute atomic E-state index is 0.0658. The zero-order valence-corrected chi connectivity index (χ0v) is 11.9. The summed E-state index contributed by atoms with van der Waals surface area (Å²) in [7, 11) is 0. The average Bonchev–Trinajstić information content (AvgIpc) is 2.43. The SMILES string of the molecule is CCCOc1ccc(CCC(=O)O)cc1NC(=O)CC. The summed E-state index contributed by atoms with van der Waals surface area (Å²) in [5.74, 6) is -0.315. The van der Waals surface area contributed by atoms with Crippen LogP contribution in [0.25, 0.3) is 0 Å². The van der Waals surface area contributed by atoms with E-state index in [2.05, 4.69) is 5.32 Å². The van der Waals surface area contributed by atoms with Gasteiger partial charge in [0, 0.05) is 12.8 Å². The topological polar surface area (TPSA) is 75.6 Å². The Bertz CT molecular complexity index is 471. The highest BCUT2D eigenvalue weighted by Crippen LogP contribution is 2.27. The molecule has 0 saturated carbocycles. The van der Waals surface area contributed by atoms with Crippen molar-refractivity contribution in [2.75, 3.05) is 11.9 Å². The van der Waals surface area contributed by atoms with Crippen LogP contribution in [0.4, 0.5) is 5.69 Å². The van der Waals surface area contributed by atoms with Crippen molar-refractivity contribution in [1.82, 2.24) is 0 Å². The zero-order valence-electron chi connectivity index (χ0n) is 11.9. The molecule has 5 heteroatoms. The van der Waals surface area contributed by atoms with E-state index >= 15 is 0 Å². The highest BCUT2D eigenvalue weighted by molar-refractivity contribution is 5.92. The van der Waals surface area contributed by atoms with Crippen LogP contribution in [0, 0.1) is 0 Å². The molecule has 0 heterocycles. The zero-order chi connectivity index (χ0) is 15.0. The lowest BCUT2D eigenvalue weighted by Gasteiger charge is -2.13. The van der Waals surface area contributed by atoms with Gasteiger partial charge in [0.15, 0.2) is 0 Å². The average molecular weight is 279 g/mol. The Morgan fingerprint density at radius 1 is 1.30 bits per heavy atom. The number of aryl methyl sites for hydroxylation is 1. The molecular formula is C15H21NO4. The molecule has 0 aliphatic rings. The molecule has 0 bridgehead atoms. The number of amides is 1. The van der Waals surface area contributed by atoms with Gasteiger partial charge in [0.2, 0.25) is 5.91 Å². The third-order valence-corrected chi connectivity index (χ3v) is 2.73.